The first kappa shape index (κ1) is 13.5. The van der Waals surface area contributed by atoms with E-state index in [1.807, 2.05) is 13.8 Å². The van der Waals surface area contributed by atoms with Crippen LogP contribution in [0.2, 0.25) is 0 Å². The molecule has 0 saturated carbocycles. The molecule has 1 rings (SSSR count). The Bertz CT molecular complexity index is 314. The molecule has 1 N–H and O–H groups in total. The molecule has 2 atom stereocenters. The van der Waals surface area contributed by atoms with E-state index in [4.69, 9.17) is 9.84 Å². The molecule has 5 heteroatoms. The maximum atomic E-state index is 11.8. The summed E-state index contributed by atoms with van der Waals surface area (Å²) < 4.78 is 4.96. The van der Waals surface area contributed by atoms with Crippen LogP contribution in [0.3, 0.4) is 0 Å². The lowest BCUT2D eigenvalue weighted by molar-refractivity contribution is -0.142. The minimum absolute atomic E-state index is 0.0925. The van der Waals surface area contributed by atoms with Crippen LogP contribution in [0.15, 0.2) is 12.7 Å². The van der Waals surface area contributed by atoms with Gasteiger partial charge in [0.15, 0.2) is 0 Å². The molecule has 1 aliphatic heterocycles. The van der Waals surface area contributed by atoms with E-state index in [1.165, 1.54) is 11.0 Å². The molecule has 1 fully saturated rings. The largest absolute Gasteiger partial charge is 0.481 e. The summed E-state index contributed by atoms with van der Waals surface area (Å²) in [6.45, 7) is 7.89. The Balaban J connectivity index is 2.75. The van der Waals surface area contributed by atoms with Gasteiger partial charge in [-0.1, -0.05) is 26.5 Å². The highest BCUT2D eigenvalue weighted by molar-refractivity contribution is 5.75. The lowest BCUT2D eigenvalue weighted by atomic mass is 9.91. The van der Waals surface area contributed by atoms with E-state index < -0.39 is 18.0 Å². The second-order valence-electron chi connectivity index (χ2n) is 4.53. The monoisotopic (exact) mass is 241 g/mol. The van der Waals surface area contributed by atoms with Crippen LogP contribution < -0.4 is 0 Å². The van der Waals surface area contributed by atoms with E-state index in [2.05, 4.69) is 6.58 Å². The predicted octanol–water partition coefficient (Wildman–Crippen LogP) is 1.74. The number of hydrogen-bond acceptors (Lipinski definition) is 3. The fraction of sp³-hybridized carbons (Fsp3) is 0.667. The number of ether oxygens (including phenoxy) is 1. The van der Waals surface area contributed by atoms with Crippen LogP contribution in [0, 0.1) is 11.8 Å². The number of likely N-dealkylation sites (tertiary alicyclic amines) is 1. The van der Waals surface area contributed by atoms with Crippen molar-refractivity contribution < 1.29 is 19.4 Å². The number of hydrogen-bond donors (Lipinski definition) is 1. The Hall–Kier alpha value is -1.52. The Labute approximate surface area is 101 Å². The average molecular weight is 241 g/mol. The number of nitrogens with zero attached hydrogens (tertiary/aromatic N) is 1. The molecule has 0 radical (unpaired) electrons. The number of aliphatic carboxylic acids is 1. The predicted molar refractivity (Wildman–Crippen MR) is 62.6 cm³/mol. The van der Waals surface area contributed by atoms with Crippen LogP contribution in [-0.2, 0) is 9.53 Å². The molecular weight excluding hydrogens is 222 g/mol. The van der Waals surface area contributed by atoms with Gasteiger partial charge in [-0.2, -0.15) is 0 Å². The zero-order valence-corrected chi connectivity index (χ0v) is 10.3. The van der Waals surface area contributed by atoms with Gasteiger partial charge in [-0.25, -0.2) is 4.79 Å². The Morgan fingerprint density at radius 2 is 2.24 bits per heavy atom. The number of carboxylic acids is 1. The number of carbonyl (C=O) groups is 2. The second kappa shape index (κ2) is 5.70. The van der Waals surface area contributed by atoms with Crippen LogP contribution in [0.5, 0.6) is 0 Å². The smallest absolute Gasteiger partial charge is 0.410 e. The zero-order valence-electron chi connectivity index (χ0n) is 10.3. The van der Waals surface area contributed by atoms with Gasteiger partial charge in [0.2, 0.25) is 0 Å². The maximum absolute atomic E-state index is 11.8. The molecule has 0 aromatic heterocycles. The molecule has 1 aliphatic rings. The van der Waals surface area contributed by atoms with Gasteiger partial charge in [0.1, 0.15) is 6.61 Å². The molecule has 0 unspecified atom stereocenters. The molecule has 0 bridgehead atoms. The summed E-state index contributed by atoms with van der Waals surface area (Å²) in [5, 5.41) is 9.11. The second-order valence-corrected chi connectivity index (χ2v) is 4.53. The average Bonchev–Trinajstić information content (AvgIpc) is 2.70. The van der Waals surface area contributed by atoms with E-state index in [9.17, 15) is 9.59 Å². The highest BCUT2D eigenvalue weighted by atomic mass is 16.6. The van der Waals surface area contributed by atoms with Crippen LogP contribution in [0.4, 0.5) is 4.79 Å². The van der Waals surface area contributed by atoms with Crippen LogP contribution >= 0.6 is 0 Å². The van der Waals surface area contributed by atoms with Crippen LogP contribution in [-0.4, -0.2) is 41.3 Å². The van der Waals surface area contributed by atoms with Crippen molar-refractivity contribution in [2.45, 2.75) is 26.3 Å². The van der Waals surface area contributed by atoms with E-state index >= 15 is 0 Å². The fourth-order valence-electron chi connectivity index (χ4n) is 2.34. The van der Waals surface area contributed by atoms with Crippen LogP contribution in [0.1, 0.15) is 20.3 Å². The molecule has 0 aromatic rings. The lowest BCUT2D eigenvalue weighted by Gasteiger charge is -2.29. The normalized spacial score (nSPS) is 23.8. The minimum Gasteiger partial charge on any atom is -0.481 e. The van der Waals surface area contributed by atoms with E-state index in [-0.39, 0.29) is 18.6 Å². The summed E-state index contributed by atoms with van der Waals surface area (Å²) >= 11 is 0. The van der Waals surface area contributed by atoms with Gasteiger partial charge in [-0.3, -0.25) is 4.79 Å². The Morgan fingerprint density at radius 3 is 2.71 bits per heavy atom. The Kier molecular flexibility index (Phi) is 4.54. The van der Waals surface area contributed by atoms with Gasteiger partial charge in [-0.15, -0.1) is 0 Å². The number of amides is 1. The summed E-state index contributed by atoms with van der Waals surface area (Å²) in [7, 11) is 0. The van der Waals surface area contributed by atoms with Crippen molar-refractivity contribution in [2.75, 3.05) is 13.2 Å². The fourth-order valence-corrected chi connectivity index (χ4v) is 2.34. The van der Waals surface area contributed by atoms with Crippen molar-refractivity contribution in [3.05, 3.63) is 12.7 Å². The highest BCUT2D eigenvalue weighted by Gasteiger charge is 2.43. The Morgan fingerprint density at radius 1 is 1.59 bits per heavy atom. The van der Waals surface area contributed by atoms with Gasteiger partial charge >= 0.3 is 12.1 Å². The topological polar surface area (TPSA) is 66.8 Å². The summed E-state index contributed by atoms with van der Waals surface area (Å²) in [6, 6.07) is -0.287. The van der Waals surface area contributed by atoms with E-state index in [0.29, 0.717) is 13.0 Å². The molecule has 0 spiro atoms. The minimum atomic E-state index is -0.845. The third kappa shape index (κ3) is 2.99. The standard InChI is InChI=1S/C12H19NO4/c1-4-7-17-12(16)13-6-5-9(11(14)15)10(13)8(2)3/h4,8-10H,1,5-7H2,2-3H3,(H,14,15)/t9-,10-/m1/s1. The van der Waals surface area contributed by atoms with Gasteiger partial charge in [0.25, 0.3) is 0 Å². The molecule has 17 heavy (non-hydrogen) atoms. The van der Waals surface area contributed by atoms with Crippen molar-refractivity contribution in [3.8, 4) is 0 Å². The highest BCUT2D eigenvalue weighted by Crippen LogP contribution is 2.30. The maximum Gasteiger partial charge on any atom is 0.410 e. The lowest BCUT2D eigenvalue weighted by Crippen LogP contribution is -2.43. The van der Waals surface area contributed by atoms with Gasteiger partial charge in [-0.05, 0) is 12.3 Å². The zero-order chi connectivity index (χ0) is 13.0. The number of carboxylic acid groups (broad SMARTS) is 1. The van der Waals surface area contributed by atoms with Crippen molar-refractivity contribution in [1.29, 1.82) is 0 Å². The third-order valence-corrected chi connectivity index (χ3v) is 3.01. The third-order valence-electron chi connectivity index (χ3n) is 3.01. The van der Waals surface area contributed by atoms with Crippen molar-refractivity contribution in [3.63, 3.8) is 0 Å². The summed E-state index contributed by atoms with van der Waals surface area (Å²) in [6.07, 6.45) is 1.53. The molecule has 0 aliphatic carbocycles. The molecule has 1 amide bonds. The number of rotatable bonds is 4. The van der Waals surface area contributed by atoms with E-state index in [1.54, 1.807) is 0 Å². The van der Waals surface area contributed by atoms with Crippen molar-refractivity contribution >= 4 is 12.1 Å². The molecule has 1 saturated heterocycles. The summed E-state index contributed by atoms with van der Waals surface area (Å²) in [5.41, 5.74) is 0. The first-order valence-corrected chi connectivity index (χ1v) is 5.76. The molecule has 1 heterocycles. The summed E-state index contributed by atoms with van der Waals surface area (Å²) in [5.74, 6) is -1.25. The molecule has 5 nitrogen and oxygen atoms in total. The SMILES string of the molecule is C=CCOC(=O)N1CC[C@@H](C(=O)O)[C@H]1C(C)C. The molecule has 96 valence electrons. The van der Waals surface area contributed by atoms with E-state index in [0.717, 1.165) is 0 Å². The molecular formula is C12H19NO4. The van der Waals surface area contributed by atoms with Gasteiger partial charge < -0.3 is 14.7 Å². The van der Waals surface area contributed by atoms with Gasteiger partial charge in [0, 0.05) is 6.54 Å². The van der Waals surface area contributed by atoms with Gasteiger partial charge in [0.05, 0.1) is 12.0 Å². The first-order chi connectivity index (χ1) is 7.99. The van der Waals surface area contributed by atoms with Crippen molar-refractivity contribution in [2.24, 2.45) is 11.8 Å². The quantitative estimate of drug-likeness (QED) is 0.761. The van der Waals surface area contributed by atoms with Crippen LogP contribution in [0.25, 0.3) is 0 Å². The van der Waals surface area contributed by atoms with Crippen molar-refractivity contribution in [1.82, 2.24) is 4.90 Å². The number of carbonyl (C=O) groups excluding carboxylic acids is 1. The molecule has 0 aromatic carbocycles. The summed E-state index contributed by atoms with van der Waals surface area (Å²) in [4.78, 5) is 24.4. The first-order valence-electron chi connectivity index (χ1n) is 5.76.